The molecule has 1 saturated heterocycles. The molecule has 1 aliphatic rings. The van der Waals surface area contributed by atoms with E-state index in [9.17, 15) is 18.0 Å². The molecular formula is C29H32N4O6S. The molecular weight excluding hydrogens is 532 g/mol. The molecule has 3 aromatic carbocycles. The number of carbonyl (C=O) groups excluding carboxylic acids is 2. The van der Waals surface area contributed by atoms with Crippen LogP contribution >= 0.6 is 0 Å². The first kappa shape index (κ1) is 28.8. The number of nitrogens with one attached hydrogen (secondary N) is 2. The van der Waals surface area contributed by atoms with E-state index in [0.29, 0.717) is 23.5 Å². The molecule has 0 saturated carbocycles. The standard InChI is InChI=1S/C29H32N4O6S/c1-22-9-13-24(14-10-22)33(40(36,37)27-7-3-2-4-8-27)20-28(34)32-31-18-23-11-15-25(16-12-23)39-21-29(35)30-19-26-6-5-17-38-26/h2-4,7-16,18,26H,5-6,17,19-21H2,1H3,(H,30,35)(H,32,34)/b31-18-/t26-/m1/s1. The van der Waals surface area contributed by atoms with Gasteiger partial charge in [0.15, 0.2) is 6.61 Å². The smallest absolute Gasteiger partial charge is 0.264 e. The van der Waals surface area contributed by atoms with Crippen LogP contribution in [0.3, 0.4) is 0 Å². The van der Waals surface area contributed by atoms with Crippen molar-refractivity contribution >= 4 is 33.7 Å². The Balaban J connectivity index is 1.31. The van der Waals surface area contributed by atoms with E-state index < -0.39 is 22.5 Å². The quantitative estimate of drug-likeness (QED) is 0.257. The summed E-state index contributed by atoms with van der Waals surface area (Å²) in [6, 6.07) is 21.6. The van der Waals surface area contributed by atoms with Crippen molar-refractivity contribution in [2.75, 3.05) is 30.6 Å². The Morgan fingerprint density at radius 1 is 1.02 bits per heavy atom. The zero-order valence-corrected chi connectivity index (χ0v) is 23.0. The number of aryl methyl sites for hydroxylation is 1. The van der Waals surface area contributed by atoms with Crippen LogP contribution in [0.1, 0.15) is 24.0 Å². The van der Waals surface area contributed by atoms with E-state index >= 15 is 0 Å². The highest BCUT2D eigenvalue weighted by Gasteiger charge is 2.27. The van der Waals surface area contributed by atoms with Crippen LogP contribution in [0.2, 0.25) is 0 Å². The summed E-state index contributed by atoms with van der Waals surface area (Å²) in [6.45, 7) is 2.53. The third-order valence-electron chi connectivity index (χ3n) is 6.14. The highest BCUT2D eigenvalue weighted by atomic mass is 32.2. The lowest BCUT2D eigenvalue weighted by atomic mass is 10.2. The summed E-state index contributed by atoms with van der Waals surface area (Å²) >= 11 is 0. The van der Waals surface area contributed by atoms with Crippen molar-refractivity contribution in [3.8, 4) is 5.75 Å². The van der Waals surface area contributed by atoms with E-state index in [4.69, 9.17) is 9.47 Å². The van der Waals surface area contributed by atoms with Gasteiger partial charge in [0.05, 0.1) is 22.9 Å². The predicted octanol–water partition coefficient (Wildman–Crippen LogP) is 3.01. The minimum Gasteiger partial charge on any atom is -0.484 e. The second-order valence-electron chi connectivity index (χ2n) is 9.25. The molecule has 1 atom stereocenters. The molecule has 0 bridgehead atoms. The molecule has 0 unspecified atom stereocenters. The Morgan fingerprint density at radius 2 is 1.75 bits per heavy atom. The van der Waals surface area contributed by atoms with E-state index in [1.54, 1.807) is 66.7 Å². The van der Waals surface area contributed by atoms with Crippen LogP contribution in [0.5, 0.6) is 5.75 Å². The van der Waals surface area contributed by atoms with Crippen molar-refractivity contribution in [2.24, 2.45) is 5.10 Å². The van der Waals surface area contributed by atoms with Gasteiger partial charge in [0, 0.05) is 13.2 Å². The van der Waals surface area contributed by atoms with Gasteiger partial charge in [-0.2, -0.15) is 5.10 Å². The van der Waals surface area contributed by atoms with E-state index in [-0.39, 0.29) is 23.5 Å². The third-order valence-corrected chi connectivity index (χ3v) is 7.93. The summed E-state index contributed by atoms with van der Waals surface area (Å²) in [5.74, 6) is -0.323. The SMILES string of the molecule is Cc1ccc(N(CC(=O)N/N=C\c2ccc(OCC(=O)NC[C@H]3CCCO3)cc2)S(=O)(=O)c2ccccc2)cc1. The first-order chi connectivity index (χ1) is 19.3. The maximum absolute atomic E-state index is 13.3. The Hall–Kier alpha value is -4.22. The van der Waals surface area contributed by atoms with Gasteiger partial charge in [-0.1, -0.05) is 35.9 Å². The molecule has 0 radical (unpaired) electrons. The number of benzene rings is 3. The molecule has 2 N–H and O–H groups in total. The second-order valence-corrected chi connectivity index (χ2v) is 11.1. The van der Waals surface area contributed by atoms with E-state index in [2.05, 4.69) is 15.8 Å². The number of ether oxygens (including phenoxy) is 2. The maximum Gasteiger partial charge on any atom is 0.264 e. The van der Waals surface area contributed by atoms with Gasteiger partial charge in [-0.05, 0) is 73.9 Å². The first-order valence-corrected chi connectivity index (χ1v) is 14.3. The van der Waals surface area contributed by atoms with E-state index in [1.165, 1.54) is 18.3 Å². The largest absolute Gasteiger partial charge is 0.484 e. The lowest BCUT2D eigenvalue weighted by Crippen LogP contribution is -2.39. The average molecular weight is 565 g/mol. The minimum absolute atomic E-state index is 0.0713. The van der Waals surface area contributed by atoms with Crippen LogP contribution in [-0.4, -0.2) is 58.9 Å². The normalized spacial score (nSPS) is 15.1. The highest BCUT2D eigenvalue weighted by Crippen LogP contribution is 2.24. The molecule has 1 heterocycles. The van der Waals surface area contributed by atoms with Crippen LogP contribution in [0.25, 0.3) is 0 Å². The Morgan fingerprint density at radius 3 is 2.42 bits per heavy atom. The summed E-state index contributed by atoms with van der Waals surface area (Å²) in [6.07, 6.45) is 3.46. The van der Waals surface area contributed by atoms with Crippen molar-refractivity contribution in [1.29, 1.82) is 0 Å². The van der Waals surface area contributed by atoms with Crippen molar-refractivity contribution in [3.63, 3.8) is 0 Å². The molecule has 3 aromatic rings. The summed E-state index contributed by atoms with van der Waals surface area (Å²) in [7, 11) is -3.99. The number of carbonyl (C=O) groups is 2. The summed E-state index contributed by atoms with van der Waals surface area (Å²) < 4.78 is 38.7. The van der Waals surface area contributed by atoms with Gasteiger partial charge in [-0.3, -0.25) is 13.9 Å². The van der Waals surface area contributed by atoms with Gasteiger partial charge < -0.3 is 14.8 Å². The van der Waals surface area contributed by atoms with Gasteiger partial charge in [0.25, 0.3) is 21.8 Å². The van der Waals surface area contributed by atoms with Crippen LogP contribution in [-0.2, 0) is 24.3 Å². The Bertz CT molecular complexity index is 1410. The fourth-order valence-electron chi connectivity index (χ4n) is 3.97. The highest BCUT2D eigenvalue weighted by molar-refractivity contribution is 7.92. The van der Waals surface area contributed by atoms with E-state index in [0.717, 1.165) is 29.3 Å². The zero-order chi connectivity index (χ0) is 28.4. The third kappa shape index (κ3) is 8.14. The minimum atomic E-state index is -3.99. The van der Waals surface area contributed by atoms with E-state index in [1.807, 2.05) is 6.92 Å². The van der Waals surface area contributed by atoms with Gasteiger partial charge >= 0.3 is 0 Å². The Kier molecular flexibility index (Phi) is 9.87. The van der Waals surface area contributed by atoms with Crippen LogP contribution < -0.4 is 19.8 Å². The number of rotatable bonds is 12. The molecule has 0 aliphatic carbocycles. The number of hydrazone groups is 1. The molecule has 0 aromatic heterocycles. The Labute approximate surface area is 234 Å². The van der Waals surface area contributed by atoms with Gasteiger partial charge in [-0.25, -0.2) is 13.8 Å². The molecule has 11 heteroatoms. The number of anilines is 1. The fraction of sp³-hybridized carbons (Fsp3) is 0.276. The molecule has 1 aliphatic heterocycles. The molecule has 40 heavy (non-hydrogen) atoms. The number of hydrogen-bond acceptors (Lipinski definition) is 7. The van der Waals surface area contributed by atoms with Gasteiger partial charge in [0.1, 0.15) is 12.3 Å². The monoisotopic (exact) mass is 564 g/mol. The average Bonchev–Trinajstić information content (AvgIpc) is 3.49. The fourth-order valence-corrected chi connectivity index (χ4v) is 5.42. The molecule has 210 valence electrons. The summed E-state index contributed by atoms with van der Waals surface area (Å²) in [5.41, 5.74) is 4.38. The number of hydrogen-bond donors (Lipinski definition) is 2. The maximum atomic E-state index is 13.3. The number of nitrogens with zero attached hydrogens (tertiary/aromatic N) is 2. The summed E-state index contributed by atoms with van der Waals surface area (Å²) in [4.78, 5) is 24.8. The molecule has 0 spiro atoms. The van der Waals surface area contributed by atoms with Crippen molar-refractivity contribution in [2.45, 2.75) is 30.8 Å². The van der Waals surface area contributed by atoms with Crippen molar-refractivity contribution < 1.29 is 27.5 Å². The number of amides is 2. The predicted molar refractivity (Wildman–Crippen MR) is 152 cm³/mol. The molecule has 4 rings (SSSR count). The van der Waals surface area contributed by atoms with Crippen LogP contribution in [0, 0.1) is 6.92 Å². The van der Waals surface area contributed by atoms with Gasteiger partial charge in [0.2, 0.25) is 0 Å². The topological polar surface area (TPSA) is 126 Å². The lowest BCUT2D eigenvalue weighted by molar-refractivity contribution is -0.123. The second kappa shape index (κ2) is 13.7. The zero-order valence-electron chi connectivity index (χ0n) is 22.2. The number of sulfonamides is 1. The van der Waals surface area contributed by atoms with Crippen molar-refractivity contribution in [1.82, 2.24) is 10.7 Å². The first-order valence-electron chi connectivity index (χ1n) is 12.9. The van der Waals surface area contributed by atoms with Crippen molar-refractivity contribution in [3.05, 3.63) is 90.0 Å². The lowest BCUT2D eigenvalue weighted by Gasteiger charge is -2.23. The van der Waals surface area contributed by atoms with Gasteiger partial charge in [-0.15, -0.1) is 0 Å². The van der Waals surface area contributed by atoms with Crippen LogP contribution in [0.4, 0.5) is 5.69 Å². The van der Waals surface area contributed by atoms with Crippen LogP contribution in [0.15, 0.2) is 88.9 Å². The summed E-state index contributed by atoms with van der Waals surface area (Å²) in [5, 5.41) is 6.76. The molecule has 10 nitrogen and oxygen atoms in total. The molecule has 2 amide bonds. The molecule has 1 fully saturated rings.